The molecule has 0 saturated heterocycles. The van der Waals surface area contributed by atoms with Gasteiger partial charge in [-0.05, 0) is 44.8 Å². The number of hydrogen-bond donors (Lipinski definition) is 0. The molecule has 7 nitrogen and oxygen atoms in total. The zero-order chi connectivity index (χ0) is 20.8. The molecule has 3 rings (SSSR count). The van der Waals surface area contributed by atoms with E-state index in [2.05, 4.69) is 4.98 Å². The third kappa shape index (κ3) is 5.32. The SMILES string of the molecule is CC1Oc2ccccc2N(CCC(=O)N(CCN(C)C)Cc2cccnc2)C1=O. The molecule has 0 spiro atoms. The highest BCUT2D eigenvalue weighted by Crippen LogP contribution is 2.33. The number of carbonyl (C=O) groups excluding carboxylic acids is 2. The van der Waals surface area contributed by atoms with E-state index in [4.69, 9.17) is 4.74 Å². The van der Waals surface area contributed by atoms with Crippen molar-refractivity contribution in [3.63, 3.8) is 0 Å². The van der Waals surface area contributed by atoms with Crippen LogP contribution >= 0.6 is 0 Å². The Morgan fingerprint density at radius 2 is 1.97 bits per heavy atom. The van der Waals surface area contributed by atoms with Crippen LogP contribution in [-0.4, -0.2) is 66.4 Å². The van der Waals surface area contributed by atoms with Crippen LogP contribution < -0.4 is 9.64 Å². The maximum absolute atomic E-state index is 13.0. The second-order valence-corrected chi connectivity index (χ2v) is 7.45. The summed E-state index contributed by atoms with van der Waals surface area (Å²) in [5.41, 5.74) is 1.71. The molecule has 7 heteroatoms. The molecule has 1 unspecified atom stereocenters. The summed E-state index contributed by atoms with van der Waals surface area (Å²) in [5.74, 6) is 0.565. The summed E-state index contributed by atoms with van der Waals surface area (Å²) in [5, 5.41) is 0. The Labute approximate surface area is 171 Å². The normalized spacial score (nSPS) is 15.8. The molecule has 1 aliphatic heterocycles. The standard InChI is InChI=1S/C22H28N4O3/c1-17-22(28)26(19-8-4-5-9-20(19)29-17)12-10-21(27)25(14-13-24(2)3)16-18-7-6-11-23-15-18/h4-9,11,15,17H,10,12-14,16H2,1-3H3. The van der Waals surface area contributed by atoms with Crippen molar-refractivity contribution in [3.8, 4) is 5.75 Å². The van der Waals surface area contributed by atoms with Gasteiger partial charge in [-0.3, -0.25) is 14.6 Å². The fraction of sp³-hybridized carbons (Fsp3) is 0.409. The molecule has 1 atom stereocenters. The van der Waals surface area contributed by atoms with Gasteiger partial charge in [-0.1, -0.05) is 18.2 Å². The predicted octanol–water partition coefficient (Wildman–Crippen LogP) is 2.18. The van der Waals surface area contributed by atoms with E-state index >= 15 is 0 Å². The lowest BCUT2D eigenvalue weighted by atomic mass is 10.1. The van der Waals surface area contributed by atoms with E-state index < -0.39 is 6.10 Å². The zero-order valence-corrected chi connectivity index (χ0v) is 17.2. The van der Waals surface area contributed by atoms with Crippen molar-refractivity contribution in [1.82, 2.24) is 14.8 Å². The van der Waals surface area contributed by atoms with Crippen molar-refractivity contribution in [2.24, 2.45) is 0 Å². The molecule has 1 aromatic carbocycles. The van der Waals surface area contributed by atoms with Crippen LogP contribution in [0.15, 0.2) is 48.8 Å². The second-order valence-electron chi connectivity index (χ2n) is 7.45. The number of ether oxygens (including phenoxy) is 1. The van der Waals surface area contributed by atoms with Crippen LogP contribution in [0.3, 0.4) is 0 Å². The molecule has 2 aromatic rings. The highest BCUT2D eigenvalue weighted by atomic mass is 16.5. The molecule has 0 aliphatic carbocycles. The number of amides is 2. The molecular weight excluding hydrogens is 368 g/mol. The van der Waals surface area contributed by atoms with Gasteiger partial charge in [0.2, 0.25) is 5.91 Å². The summed E-state index contributed by atoms with van der Waals surface area (Å²) in [6.45, 7) is 3.95. The van der Waals surface area contributed by atoms with Crippen LogP contribution in [0.25, 0.3) is 0 Å². The van der Waals surface area contributed by atoms with Crippen molar-refractivity contribution in [2.45, 2.75) is 26.0 Å². The Morgan fingerprint density at radius 3 is 2.69 bits per heavy atom. The Bertz CT molecular complexity index is 841. The molecule has 0 N–H and O–H groups in total. The second kappa shape index (κ2) is 9.52. The van der Waals surface area contributed by atoms with Crippen LogP contribution in [-0.2, 0) is 16.1 Å². The van der Waals surface area contributed by atoms with E-state index in [1.54, 1.807) is 24.2 Å². The number of para-hydroxylation sites is 2. The lowest BCUT2D eigenvalue weighted by molar-refractivity contribution is -0.132. The van der Waals surface area contributed by atoms with Gasteiger partial charge in [-0.25, -0.2) is 0 Å². The average molecular weight is 396 g/mol. The minimum atomic E-state index is -0.555. The molecule has 2 amide bonds. The van der Waals surface area contributed by atoms with Gasteiger partial charge in [0, 0.05) is 45.0 Å². The van der Waals surface area contributed by atoms with Gasteiger partial charge >= 0.3 is 0 Å². The van der Waals surface area contributed by atoms with Crippen molar-refractivity contribution >= 4 is 17.5 Å². The number of carbonyl (C=O) groups is 2. The Hall–Kier alpha value is -2.93. The van der Waals surface area contributed by atoms with Gasteiger partial charge in [0.15, 0.2) is 6.10 Å². The van der Waals surface area contributed by atoms with Gasteiger partial charge in [0.05, 0.1) is 5.69 Å². The number of nitrogens with zero attached hydrogens (tertiary/aromatic N) is 4. The van der Waals surface area contributed by atoms with Gasteiger partial charge in [-0.15, -0.1) is 0 Å². The van der Waals surface area contributed by atoms with E-state index in [9.17, 15) is 9.59 Å². The number of hydrogen-bond acceptors (Lipinski definition) is 5. The highest BCUT2D eigenvalue weighted by Gasteiger charge is 2.31. The molecule has 1 aliphatic rings. The first-order valence-corrected chi connectivity index (χ1v) is 9.84. The third-order valence-corrected chi connectivity index (χ3v) is 4.89. The molecule has 2 heterocycles. The number of fused-ring (bicyclic) bond motifs is 1. The maximum atomic E-state index is 13.0. The smallest absolute Gasteiger partial charge is 0.267 e. The van der Waals surface area contributed by atoms with E-state index in [1.165, 1.54) is 0 Å². The topological polar surface area (TPSA) is 66.0 Å². The van der Waals surface area contributed by atoms with Gasteiger partial charge < -0.3 is 19.4 Å². The van der Waals surface area contributed by atoms with Crippen molar-refractivity contribution in [1.29, 1.82) is 0 Å². The van der Waals surface area contributed by atoms with Crippen LogP contribution in [0, 0.1) is 0 Å². The third-order valence-electron chi connectivity index (χ3n) is 4.89. The number of benzene rings is 1. The summed E-state index contributed by atoms with van der Waals surface area (Å²) in [6.07, 6.45) is 3.19. The monoisotopic (exact) mass is 396 g/mol. The van der Waals surface area contributed by atoms with E-state index in [0.717, 1.165) is 17.8 Å². The van der Waals surface area contributed by atoms with Crippen molar-refractivity contribution in [2.75, 3.05) is 38.6 Å². The van der Waals surface area contributed by atoms with Gasteiger partial charge in [0.1, 0.15) is 5.75 Å². The molecule has 0 radical (unpaired) electrons. The number of likely N-dealkylation sites (N-methyl/N-ethyl adjacent to an activating group) is 1. The highest BCUT2D eigenvalue weighted by molar-refractivity contribution is 6.00. The predicted molar refractivity (Wildman–Crippen MR) is 112 cm³/mol. The lowest BCUT2D eigenvalue weighted by Crippen LogP contribution is -2.46. The molecule has 154 valence electrons. The largest absolute Gasteiger partial charge is 0.479 e. The Balaban J connectivity index is 1.69. The Morgan fingerprint density at radius 1 is 1.17 bits per heavy atom. The minimum Gasteiger partial charge on any atom is -0.479 e. The quantitative estimate of drug-likeness (QED) is 0.684. The molecule has 0 bridgehead atoms. The first-order chi connectivity index (χ1) is 14.0. The summed E-state index contributed by atoms with van der Waals surface area (Å²) in [4.78, 5) is 35.3. The summed E-state index contributed by atoms with van der Waals surface area (Å²) >= 11 is 0. The summed E-state index contributed by atoms with van der Waals surface area (Å²) in [6, 6.07) is 11.3. The van der Waals surface area contributed by atoms with Gasteiger partial charge in [0.25, 0.3) is 5.91 Å². The number of anilines is 1. The molecule has 29 heavy (non-hydrogen) atoms. The van der Waals surface area contributed by atoms with Crippen LogP contribution in [0.2, 0.25) is 0 Å². The number of rotatable bonds is 8. The number of aromatic nitrogens is 1. The maximum Gasteiger partial charge on any atom is 0.267 e. The Kier molecular flexibility index (Phi) is 6.82. The average Bonchev–Trinajstić information content (AvgIpc) is 2.72. The first-order valence-electron chi connectivity index (χ1n) is 9.84. The molecule has 0 saturated carbocycles. The van der Waals surface area contributed by atoms with Crippen LogP contribution in [0.5, 0.6) is 5.75 Å². The van der Waals surface area contributed by atoms with Crippen LogP contribution in [0.4, 0.5) is 5.69 Å². The first kappa shape index (κ1) is 20.8. The van der Waals surface area contributed by atoms with Crippen molar-refractivity contribution < 1.29 is 14.3 Å². The fourth-order valence-corrected chi connectivity index (χ4v) is 3.28. The molecule has 0 fully saturated rings. The summed E-state index contributed by atoms with van der Waals surface area (Å²) in [7, 11) is 3.97. The van der Waals surface area contributed by atoms with Gasteiger partial charge in [-0.2, -0.15) is 0 Å². The molecule has 1 aromatic heterocycles. The van der Waals surface area contributed by atoms with E-state index in [0.29, 0.717) is 25.4 Å². The van der Waals surface area contributed by atoms with Crippen molar-refractivity contribution in [3.05, 3.63) is 54.4 Å². The number of pyridine rings is 1. The minimum absolute atomic E-state index is 0.0140. The van der Waals surface area contributed by atoms with E-state index in [1.807, 2.05) is 60.3 Å². The van der Waals surface area contributed by atoms with Crippen LogP contribution in [0.1, 0.15) is 18.9 Å². The molecular formula is C22H28N4O3. The summed E-state index contributed by atoms with van der Waals surface area (Å²) < 4.78 is 5.67. The van der Waals surface area contributed by atoms with E-state index in [-0.39, 0.29) is 18.2 Å². The fourth-order valence-electron chi connectivity index (χ4n) is 3.28. The zero-order valence-electron chi connectivity index (χ0n) is 17.2. The lowest BCUT2D eigenvalue weighted by Gasteiger charge is -2.33.